The van der Waals surface area contributed by atoms with Gasteiger partial charge in [0.2, 0.25) is 5.91 Å². The van der Waals surface area contributed by atoms with Crippen molar-refractivity contribution in [2.24, 2.45) is 5.73 Å². The van der Waals surface area contributed by atoms with Crippen LogP contribution in [0.25, 0.3) is 0 Å². The molecule has 0 radical (unpaired) electrons. The van der Waals surface area contributed by atoms with Gasteiger partial charge in [0.05, 0.1) is 11.6 Å². The average molecular weight is 267 g/mol. The topological polar surface area (TPSA) is 66.6 Å². The first kappa shape index (κ1) is 13.0. The predicted molar refractivity (Wildman–Crippen MR) is 70.5 cm³/mol. The fourth-order valence-electron chi connectivity index (χ4n) is 1.99. The van der Waals surface area contributed by atoms with Crippen molar-refractivity contribution in [2.75, 3.05) is 26.2 Å². The molecule has 1 aromatic rings. The Balaban J connectivity index is 1.91. The second kappa shape index (κ2) is 5.49. The Labute approximate surface area is 110 Å². The summed E-state index contributed by atoms with van der Waals surface area (Å²) in [6.07, 6.45) is 0. The molecule has 0 saturated carbocycles. The van der Waals surface area contributed by atoms with Gasteiger partial charge in [-0.2, -0.15) is 11.3 Å². The van der Waals surface area contributed by atoms with E-state index < -0.39 is 6.04 Å². The number of piperazine rings is 1. The maximum absolute atomic E-state index is 12.1. The van der Waals surface area contributed by atoms with Crippen LogP contribution in [-0.2, 0) is 4.79 Å². The molecule has 2 N–H and O–H groups in total. The molecule has 1 aliphatic heterocycles. The Kier molecular flexibility index (Phi) is 3.98. The van der Waals surface area contributed by atoms with Crippen LogP contribution in [0.15, 0.2) is 16.8 Å². The van der Waals surface area contributed by atoms with Gasteiger partial charge in [-0.15, -0.1) is 0 Å². The van der Waals surface area contributed by atoms with Crippen LogP contribution in [-0.4, -0.2) is 53.8 Å². The van der Waals surface area contributed by atoms with Crippen LogP contribution in [0.3, 0.4) is 0 Å². The molecule has 0 bridgehead atoms. The van der Waals surface area contributed by atoms with E-state index in [1.54, 1.807) is 16.7 Å². The molecule has 1 atom stereocenters. The SMILES string of the molecule is C[C@H](N)C(=O)N1CCN(C(=O)c2ccsc2)CC1. The Hall–Kier alpha value is -1.40. The summed E-state index contributed by atoms with van der Waals surface area (Å²) >= 11 is 1.51. The number of hydrogen-bond donors (Lipinski definition) is 1. The zero-order valence-electron chi connectivity index (χ0n) is 10.3. The van der Waals surface area contributed by atoms with Crippen molar-refractivity contribution in [3.05, 3.63) is 22.4 Å². The van der Waals surface area contributed by atoms with E-state index in [2.05, 4.69) is 0 Å². The highest BCUT2D eigenvalue weighted by Gasteiger charge is 2.26. The number of hydrogen-bond acceptors (Lipinski definition) is 4. The lowest BCUT2D eigenvalue weighted by atomic mass is 10.2. The highest BCUT2D eigenvalue weighted by atomic mass is 32.1. The van der Waals surface area contributed by atoms with Crippen molar-refractivity contribution in [1.82, 2.24) is 9.80 Å². The van der Waals surface area contributed by atoms with Crippen molar-refractivity contribution in [2.45, 2.75) is 13.0 Å². The molecule has 1 saturated heterocycles. The maximum Gasteiger partial charge on any atom is 0.254 e. The highest BCUT2D eigenvalue weighted by molar-refractivity contribution is 7.08. The standard InChI is InChI=1S/C12H17N3O2S/c1-9(13)11(16)14-3-5-15(6-4-14)12(17)10-2-7-18-8-10/h2,7-9H,3-6,13H2,1H3/t9-/m0/s1. The number of amides is 2. The predicted octanol–water partition coefficient (Wildman–Crippen LogP) is 0.380. The van der Waals surface area contributed by atoms with E-state index >= 15 is 0 Å². The van der Waals surface area contributed by atoms with E-state index in [0.717, 1.165) is 5.56 Å². The van der Waals surface area contributed by atoms with Gasteiger partial charge in [0.15, 0.2) is 0 Å². The smallest absolute Gasteiger partial charge is 0.254 e. The third kappa shape index (κ3) is 2.70. The number of rotatable bonds is 2. The summed E-state index contributed by atoms with van der Waals surface area (Å²) in [6, 6.07) is 1.36. The Morgan fingerprint density at radius 1 is 1.28 bits per heavy atom. The van der Waals surface area contributed by atoms with Gasteiger partial charge in [-0.05, 0) is 18.4 Å². The molecule has 18 heavy (non-hydrogen) atoms. The van der Waals surface area contributed by atoms with Crippen LogP contribution in [0.2, 0.25) is 0 Å². The summed E-state index contributed by atoms with van der Waals surface area (Å²) in [5.41, 5.74) is 6.30. The summed E-state index contributed by atoms with van der Waals surface area (Å²) in [4.78, 5) is 27.3. The summed E-state index contributed by atoms with van der Waals surface area (Å²) in [6.45, 7) is 3.97. The van der Waals surface area contributed by atoms with Crippen LogP contribution in [0.1, 0.15) is 17.3 Å². The van der Waals surface area contributed by atoms with E-state index in [4.69, 9.17) is 5.73 Å². The fourth-order valence-corrected chi connectivity index (χ4v) is 2.62. The molecule has 98 valence electrons. The monoisotopic (exact) mass is 267 g/mol. The molecule has 5 nitrogen and oxygen atoms in total. The van der Waals surface area contributed by atoms with Crippen LogP contribution in [0.4, 0.5) is 0 Å². The fraction of sp³-hybridized carbons (Fsp3) is 0.500. The van der Waals surface area contributed by atoms with Gasteiger partial charge in [0.1, 0.15) is 0 Å². The summed E-state index contributed by atoms with van der Waals surface area (Å²) in [5.74, 6) is 0.00165. The largest absolute Gasteiger partial charge is 0.338 e. The molecule has 1 fully saturated rings. The Morgan fingerprint density at radius 3 is 2.39 bits per heavy atom. The molecule has 0 unspecified atom stereocenters. The third-order valence-electron chi connectivity index (χ3n) is 3.04. The molecular formula is C12H17N3O2S. The number of nitrogens with zero attached hydrogens (tertiary/aromatic N) is 2. The summed E-state index contributed by atoms with van der Waals surface area (Å²) in [7, 11) is 0. The average Bonchev–Trinajstić information content (AvgIpc) is 2.91. The van der Waals surface area contributed by atoms with E-state index in [-0.39, 0.29) is 11.8 Å². The van der Waals surface area contributed by atoms with Gasteiger partial charge in [-0.3, -0.25) is 9.59 Å². The zero-order chi connectivity index (χ0) is 13.1. The molecular weight excluding hydrogens is 250 g/mol. The summed E-state index contributed by atoms with van der Waals surface area (Å²) < 4.78 is 0. The molecule has 2 heterocycles. The maximum atomic E-state index is 12.1. The molecule has 2 rings (SSSR count). The second-order valence-corrected chi connectivity index (χ2v) is 5.20. The first-order valence-electron chi connectivity index (χ1n) is 5.95. The highest BCUT2D eigenvalue weighted by Crippen LogP contribution is 2.12. The van der Waals surface area contributed by atoms with E-state index in [1.807, 2.05) is 16.8 Å². The Bertz CT molecular complexity index is 423. The Morgan fingerprint density at radius 2 is 1.89 bits per heavy atom. The lowest BCUT2D eigenvalue weighted by molar-refractivity contribution is -0.133. The molecule has 1 aromatic heterocycles. The molecule has 0 aliphatic carbocycles. The lowest BCUT2D eigenvalue weighted by Crippen LogP contribution is -2.53. The molecule has 2 amide bonds. The van der Waals surface area contributed by atoms with Crippen LogP contribution in [0, 0.1) is 0 Å². The zero-order valence-corrected chi connectivity index (χ0v) is 11.2. The number of carbonyl (C=O) groups excluding carboxylic acids is 2. The van der Waals surface area contributed by atoms with Crippen molar-refractivity contribution in [3.63, 3.8) is 0 Å². The van der Waals surface area contributed by atoms with Crippen LogP contribution >= 0.6 is 11.3 Å². The minimum Gasteiger partial charge on any atom is -0.338 e. The summed E-state index contributed by atoms with van der Waals surface area (Å²) in [5, 5.41) is 3.74. The van der Waals surface area contributed by atoms with Crippen molar-refractivity contribution >= 4 is 23.2 Å². The van der Waals surface area contributed by atoms with Crippen molar-refractivity contribution < 1.29 is 9.59 Å². The third-order valence-corrected chi connectivity index (χ3v) is 3.72. The first-order valence-corrected chi connectivity index (χ1v) is 6.89. The van der Waals surface area contributed by atoms with Gasteiger partial charge in [0.25, 0.3) is 5.91 Å². The first-order chi connectivity index (χ1) is 8.59. The van der Waals surface area contributed by atoms with Gasteiger partial charge in [0, 0.05) is 31.6 Å². The quantitative estimate of drug-likeness (QED) is 0.842. The number of nitrogens with two attached hydrogens (primary N) is 1. The van der Waals surface area contributed by atoms with Crippen LogP contribution in [0.5, 0.6) is 0 Å². The minimum absolute atomic E-state index is 0.0439. The van der Waals surface area contributed by atoms with Gasteiger partial charge >= 0.3 is 0 Å². The number of carbonyl (C=O) groups is 2. The lowest BCUT2D eigenvalue weighted by Gasteiger charge is -2.35. The second-order valence-electron chi connectivity index (χ2n) is 4.42. The van der Waals surface area contributed by atoms with E-state index in [1.165, 1.54) is 11.3 Å². The molecule has 1 aliphatic rings. The van der Waals surface area contributed by atoms with Gasteiger partial charge < -0.3 is 15.5 Å². The molecule has 0 aromatic carbocycles. The normalized spacial score (nSPS) is 17.7. The van der Waals surface area contributed by atoms with Crippen molar-refractivity contribution in [3.8, 4) is 0 Å². The minimum atomic E-state index is -0.468. The number of thiophene rings is 1. The van der Waals surface area contributed by atoms with Crippen LogP contribution < -0.4 is 5.73 Å². The van der Waals surface area contributed by atoms with E-state index in [9.17, 15) is 9.59 Å². The molecule has 0 spiro atoms. The van der Waals surface area contributed by atoms with Gasteiger partial charge in [-0.25, -0.2) is 0 Å². The van der Waals surface area contributed by atoms with Crippen molar-refractivity contribution in [1.29, 1.82) is 0 Å². The molecule has 6 heteroatoms. The van der Waals surface area contributed by atoms with E-state index in [0.29, 0.717) is 26.2 Å². The van der Waals surface area contributed by atoms with Gasteiger partial charge in [-0.1, -0.05) is 0 Å².